The Balaban J connectivity index is 5.35. The zero-order valence-electron chi connectivity index (χ0n) is 14.9. The Morgan fingerprint density at radius 3 is 2.09 bits per heavy atom. The van der Waals surface area contributed by atoms with E-state index in [-0.39, 0.29) is 18.9 Å². The molecular formula is C16H29NO6. The quantitative estimate of drug-likeness (QED) is 0.716. The Bertz CT molecular complexity index is 413. The van der Waals surface area contributed by atoms with Gasteiger partial charge in [0.15, 0.2) is 0 Å². The summed E-state index contributed by atoms with van der Waals surface area (Å²) >= 11 is 0. The van der Waals surface area contributed by atoms with E-state index in [4.69, 9.17) is 9.47 Å². The molecule has 1 atom stereocenters. The fraction of sp³-hybridized carbons (Fsp3) is 0.812. The molecule has 0 aliphatic carbocycles. The Morgan fingerprint density at radius 2 is 1.70 bits per heavy atom. The number of hydrogen-bond donors (Lipinski definition) is 1. The molecule has 2 amide bonds. The highest BCUT2D eigenvalue weighted by Gasteiger charge is 2.39. The first-order valence-electron chi connectivity index (χ1n) is 7.91. The lowest BCUT2D eigenvalue weighted by atomic mass is 10.0. The van der Waals surface area contributed by atoms with E-state index in [0.29, 0.717) is 11.3 Å². The van der Waals surface area contributed by atoms with Crippen molar-refractivity contribution in [2.75, 3.05) is 6.61 Å². The van der Waals surface area contributed by atoms with E-state index in [9.17, 15) is 19.5 Å². The van der Waals surface area contributed by atoms with Gasteiger partial charge in [0.1, 0.15) is 11.6 Å². The number of aliphatic carboxylic acids is 1. The van der Waals surface area contributed by atoms with E-state index in [0.717, 1.165) is 6.42 Å². The molecule has 0 aromatic carbocycles. The lowest BCUT2D eigenvalue weighted by Gasteiger charge is -2.30. The van der Waals surface area contributed by atoms with E-state index in [1.165, 1.54) is 0 Å². The van der Waals surface area contributed by atoms with Gasteiger partial charge in [0.05, 0.1) is 6.61 Å². The van der Waals surface area contributed by atoms with E-state index < -0.39 is 29.8 Å². The second-order valence-corrected chi connectivity index (χ2v) is 6.80. The van der Waals surface area contributed by atoms with Gasteiger partial charge in [0.2, 0.25) is 0 Å². The van der Waals surface area contributed by atoms with Crippen molar-refractivity contribution in [2.45, 2.75) is 72.4 Å². The van der Waals surface area contributed by atoms with Crippen LogP contribution in [0.5, 0.6) is 0 Å². The van der Waals surface area contributed by atoms with Gasteiger partial charge in [-0.3, -0.25) is 0 Å². The number of amides is 2. The molecule has 0 rings (SSSR count). The maximum Gasteiger partial charge on any atom is 0.420 e. The van der Waals surface area contributed by atoms with Crippen LogP contribution in [0, 0.1) is 5.92 Å². The highest BCUT2D eigenvalue weighted by Crippen LogP contribution is 2.18. The summed E-state index contributed by atoms with van der Waals surface area (Å²) in [6.45, 7) is 10.6. The van der Waals surface area contributed by atoms with Gasteiger partial charge < -0.3 is 14.6 Å². The molecular weight excluding hydrogens is 302 g/mol. The van der Waals surface area contributed by atoms with Gasteiger partial charge in [-0.1, -0.05) is 27.2 Å². The van der Waals surface area contributed by atoms with Crippen molar-refractivity contribution in [1.82, 2.24) is 4.90 Å². The van der Waals surface area contributed by atoms with Crippen molar-refractivity contribution in [3.8, 4) is 0 Å². The highest BCUT2D eigenvalue weighted by atomic mass is 16.6. The molecule has 0 aliphatic rings. The molecule has 0 spiro atoms. The second kappa shape index (κ2) is 9.37. The molecule has 1 N–H and O–H groups in total. The van der Waals surface area contributed by atoms with Crippen LogP contribution in [0.4, 0.5) is 9.59 Å². The highest BCUT2D eigenvalue weighted by molar-refractivity contribution is 5.93. The summed E-state index contributed by atoms with van der Waals surface area (Å²) in [5.41, 5.74) is -0.847. The van der Waals surface area contributed by atoms with Gasteiger partial charge in [0.25, 0.3) is 0 Å². The predicted molar refractivity (Wildman–Crippen MR) is 85.2 cm³/mol. The van der Waals surface area contributed by atoms with Crippen molar-refractivity contribution in [3.63, 3.8) is 0 Å². The molecule has 0 heterocycles. The number of carboxylic acids is 1. The van der Waals surface area contributed by atoms with Crippen LogP contribution >= 0.6 is 0 Å². The van der Waals surface area contributed by atoms with Crippen molar-refractivity contribution < 1.29 is 29.0 Å². The van der Waals surface area contributed by atoms with Crippen LogP contribution in [0.3, 0.4) is 0 Å². The summed E-state index contributed by atoms with van der Waals surface area (Å²) < 4.78 is 10.2. The maximum atomic E-state index is 12.3. The number of carbonyl (C=O) groups is 3. The van der Waals surface area contributed by atoms with Crippen molar-refractivity contribution >= 4 is 18.2 Å². The van der Waals surface area contributed by atoms with E-state index in [1.54, 1.807) is 20.8 Å². The van der Waals surface area contributed by atoms with Gasteiger partial charge in [-0.15, -0.1) is 0 Å². The van der Waals surface area contributed by atoms with Crippen LogP contribution in [-0.2, 0) is 14.3 Å². The normalized spacial score (nSPS) is 12.7. The number of ether oxygens (including phenoxy) is 2. The van der Waals surface area contributed by atoms with Crippen molar-refractivity contribution in [1.29, 1.82) is 0 Å². The zero-order chi connectivity index (χ0) is 18.2. The minimum Gasteiger partial charge on any atom is -0.480 e. The Hall–Kier alpha value is -1.79. The van der Waals surface area contributed by atoms with Gasteiger partial charge in [-0.05, 0) is 39.5 Å². The smallest absolute Gasteiger partial charge is 0.420 e. The molecule has 7 heteroatoms. The summed E-state index contributed by atoms with van der Waals surface area (Å²) in [5, 5.41) is 9.40. The van der Waals surface area contributed by atoms with Crippen LogP contribution in [0.15, 0.2) is 0 Å². The summed E-state index contributed by atoms with van der Waals surface area (Å²) in [5.74, 6) is -1.29. The minimum atomic E-state index is -1.32. The third-order valence-electron chi connectivity index (χ3n) is 2.80. The number of carbonyl (C=O) groups excluding carboxylic acids is 2. The largest absolute Gasteiger partial charge is 0.480 e. The number of carboxylic acid groups (broad SMARTS) is 1. The van der Waals surface area contributed by atoms with Crippen LogP contribution < -0.4 is 0 Å². The number of nitrogens with zero attached hydrogens (tertiary/aromatic N) is 1. The molecule has 0 unspecified atom stereocenters. The predicted octanol–water partition coefficient (Wildman–Crippen LogP) is 3.66. The van der Waals surface area contributed by atoms with Crippen LogP contribution in [0.1, 0.15) is 60.8 Å². The lowest BCUT2D eigenvalue weighted by molar-refractivity contribution is -0.143. The summed E-state index contributed by atoms with van der Waals surface area (Å²) in [6.07, 6.45) is -0.422. The van der Waals surface area contributed by atoms with Gasteiger partial charge >= 0.3 is 18.2 Å². The fourth-order valence-corrected chi connectivity index (χ4v) is 1.78. The standard InChI is InChI=1S/C16H29NO6/c1-7-8-9-22-14(20)17(15(21)23-16(4,5)6)12(13(18)19)10-11(2)3/h11-12H,7-10H2,1-6H3,(H,18,19)/t12-/m0/s1. The molecule has 0 aliphatic heterocycles. The third-order valence-corrected chi connectivity index (χ3v) is 2.80. The molecule has 7 nitrogen and oxygen atoms in total. The molecule has 0 saturated heterocycles. The molecule has 0 radical (unpaired) electrons. The second-order valence-electron chi connectivity index (χ2n) is 6.80. The molecule has 0 aromatic rings. The van der Waals surface area contributed by atoms with Crippen LogP contribution in [-0.4, -0.2) is 46.4 Å². The number of imide groups is 1. The van der Waals surface area contributed by atoms with Gasteiger partial charge in [0, 0.05) is 0 Å². The first-order valence-corrected chi connectivity index (χ1v) is 7.91. The topological polar surface area (TPSA) is 93.1 Å². The summed E-state index contributed by atoms with van der Waals surface area (Å²) in [6, 6.07) is -1.32. The number of unbranched alkanes of at least 4 members (excludes halogenated alkanes) is 1. The van der Waals surface area contributed by atoms with Crippen LogP contribution in [0.2, 0.25) is 0 Å². The Kier molecular flexibility index (Phi) is 8.64. The molecule has 0 bridgehead atoms. The third kappa shape index (κ3) is 8.42. The van der Waals surface area contributed by atoms with Gasteiger partial charge in [-0.2, -0.15) is 4.90 Å². The average Bonchev–Trinajstić information content (AvgIpc) is 2.35. The number of rotatable bonds is 7. The van der Waals surface area contributed by atoms with E-state index >= 15 is 0 Å². The Labute approximate surface area is 137 Å². The maximum absolute atomic E-state index is 12.3. The van der Waals surface area contributed by atoms with Crippen molar-refractivity contribution in [2.24, 2.45) is 5.92 Å². The molecule has 134 valence electrons. The SMILES string of the molecule is CCCCOC(=O)N(C(=O)OC(C)(C)C)[C@@H](CC(C)C)C(=O)O. The lowest BCUT2D eigenvalue weighted by Crippen LogP contribution is -2.51. The fourth-order valence-electron chi connectivity index (χ4n) is 1.78. The first kappa shape index (κ1) is 21.2. The first-order chi connectivity index (χ1) is 10.5. The average molecular weight is 331 g/mol. The van der Waals surface area contributed by atoms with Crippen molar-refractivity contribution in [3.05, 3.63) is 0 Å². The van der Waals surface area contributed by atoms with E-state index in [1.807, 2.05) is 20.8 Å². The zero-order valence-corrected chi connectivity index (χ0v) is 14.9. The molecule has 23 heavy (non-hydrogen) atoms. The van der Waals surface area contributed by atoms with E-state index in [2.05, 4.69) is 0 Å². The van der Waals surface area contributed by atoms with Gasteiger partial charge in [-0.25, -0.2) is 14.4 Å². The molecule has 0 aromatic heterocycles. The minimum absolute atomic E-state index is 0.0236. The molecule has 0 saturated carbocycles. The summed E-state index contributed by atoms with van der Waals surface area (Å²) in [4.78, 5) is 36.6. The molecule has 0 fully saturated rings. The van der Waals surface area contributed by atoms with Crippen LogP contribution in [0.25, 0.3) is 0 Å². The summed E-state index contributed by atoms with van der Waals surface area (Å²) in [7, 11) is 0. The number of hydrogen-bond acceptors (Lipinski definition) is 5. The Morgan fingerprint density at radius 1 is 1.13 bits per heavy atom. The monoisotopic (exact) mass is 331 g/mol.